The van der Waals surface area contributed by atoms with E-state index in [1.165, 1.54) is 0 Å². The summed E-state index contributed by atoms with van der Waals surface area (Å²) in [5, 5.41) is 0.647. The van der Waals surface area contributed by atoms with Crippen molar-refractivity contribution in [1.29, 1.82) is 0 Å². The summed E-state index contributed by atoms with van der Waals surface area (Å²) in [6, 6.07) is 0. The summed E-state index contributed by atoms with van der Waals surface area (Å²) in [7, 11) is 0. The largest absolute Gasteiger partial charge is 0.299 e. The van der Waals surface area contributed by atoms with Gasteiger partial charge in [0.25, 0.3) is 0 Å². The average molecular weight is 349 g/mol. The number of halogens is 1. The Labute approximate surface area is 151 Å². The SMILES string of the molecule is C=C(C)/C=C(\C=C(/C)Cl)CC(=O)C[C@H]1CCC(=O)[C@@H]1C/C=C\CC. The second-order valence-electron chi connectivity index (χ2n) is 6.70. The zero-order valence-corrected chi connectivity index (χ0v) is 15.9. The van der Waals surface area contributed by atoms with Gasteiger partial charge in [-0.25, -0.2) is 0 Å². The van der Waals surface area contributed by atoms with Crippen LogP contribution in [-0.4, -0.2) is 11.6 Å². The molecule has 1 fully saturated rings. The molecule has 0 aromatic heterocycles. The van der Waals surface area contributed by atoms with Gasteiger partial charge in [-0.3, -0.25) is 9.59 Å². The molecule has 1 rings (SSSR count). The summed E-state index contributed by atoms with van der Waals surface area (Å²) in [6.45, 7) is 9.64. The van der Waals surface area contributed by atoms with Crippen LogP contribution >= 0.6 is 11.6 Å². The lowest BCUT2D eigenvalue weighted by Gasteiger charge is -2.16. The fourth-order valence-corrected chi connectivity index (χ4v) is 3.40. The van der Waals surface area contributed by atoms with E-state index in [9.17, 15) is 9.59 Å². The molecule has 132 valence electrons. The van der Waals surface area contributed by atoms with Crippen LogP contribution < -0.4 is 0 Å². The van der Waals surface area contributed by atoms with E-state index in [0.717, 1.165) is 30.4 Å². The highest BCUT2D eigenvalue weighted by Crippen LogP contribution is 2.35. The van der Waals surface area contributed by atoms with Gasteiger partial charge in [-0.15, -0.1) is 0 Å². The van der Waals surface area contributed by atoms with Crippen LogP contribution in [0.25, 0.3) is 0 Å². The zero-order valence-electron chi connectivity index (χ0n) is 15.1. The van der Waals surface area contributed by atoms with E-state index in [0.29, 0.717) is 30.1 Å². The molecule has 0 heterocycles. The van der Waals surface area contributed by atoms with E-state index in [1.807, 2.05) is 19.1 Å². The van der Waals surface area contributed by atoms with Gasteiger partial charge in [0.05, 0.1) is 0 Å². The molecule has 0 unspecified atom stereocenters. The summed E-state index contributed by atoms with van der Waals surface area (Å²) in [6.07, 6.45) is 11.9. The first-order valence-electron chi connectivity index (χ1n) is 8.72. The van der Waals surface area contributed by atoms with Crippen LogP contribution in [0.15, 0.2) is 47.1 Å². The quantitative estimate of drug-likeness (QED) is 0.382. The van der Waals surface area contributed by atoms with Crippen molar-refractivity contribution in [2.24, 2.45) is 11.8 Å². The van der Waals surface area contributed by atoms with Crippen molar-refractivity contribution in [1.82, 2.24) is 0 Å². The maximum absolute atomic E-state index is 12.5. The molecule has 24 heavy (non-hydrogen) atoms. The standard InChI is InChI=1S/C21H29ClO2/c1-5-6-7-8-20-18(9-10-21(20)24)14-19(23)13-17(11-15(2)3)12-16(4)22/h6-7,11-12,18,20H,2,5,8-10,13-14H2,1,3-4H3/b7-6-,16-12+,17-11+/t18-,20-/m1/s1. The normalized spacial score (nSPS) is 22.4. The first kappa shape index (κ1) is 20.6. The lowest BCUT2D eigenvalue weighted by atomic mass is 9.87. The Morgan fingerprint density at radius 1 is 1.29 bits per heavy atom. The Hall–Kier alpha value is -1.41. The molecule has 0 aromatic carbocycles. The summed E-state index contributed by atoms with van der Waals surface area (Å²) >= 11 is 5.95. The Morgan fingerprint density at radius 2 is 2.00 bits per heavy atom. The molecule has 0 aliphatic heterocycles. The van der Waals surface area contributed by atoms with Crippen molar-refractivity contribution in [3.8, 4) is 0 Å². The zero-order chi connectivity index (χ0) is 18.1. The Balaban J connectivity index is 2.71. The second kappa shape index (κ2) is 10.5. The molecule has 0 radical (unpaired) electrons. The van der Waals surface area contributed by atoms with Crippen LogP contribution in [-0.2, 0) is 9.59 Å². The Bertz CT molecular complexity index is 562. The summed E-state index contributed by atoms with van der Waals surface area (Å²) in [5.74, 6) is 0.665. The van der Waals surface area contributed by atoms with Crippen molar-refractivity contribution >= 4 is 23.2 Å². The molecular weight excluding hydrogens is 320 g/mol. The van der Waals surface area contributed by atoms with Crippen molar-refractivity contribution in [3.63, 3.8) is 0 Å². The molecule has 0 aromatic rings. The topological polar surface area (TPSA) is 34.1 Å². The Kier molecular flexibility index (Phi) is 8.99. The highest BCUT2D eigenvalue weighted by molar-refractivity contribution is 6.29. The van der Waals surface area contributed by atoms with E-state index in [2.05, 4.69) is 25.7 Å². The maximum Gasteiger partial charge on any atom is 0.137 e. The number of carbonyl (C=O) groups excluding carboxylic acids is 2. The van der Waals surface area contributed by atoms with Crippen LogP contribution in [0, 0.1) is 11.8 Å². The number of hydrogen-bond acceptors (Lipinski definition) is 2. The molecule has 1 aliphatic rings. The van der Waals surface area contributed by atoms with Gasteiger partial charge in [0.1, 0.15) is 11.6 Å². The summed E-state index contributed by atoms with van der Waals surface area (Å²) in [5.41, 5.74) is 1.78. The molecule has 0 N–H and O–H groups in total. The van der Waals surface area contributed by atoms with Crippen LogP contribution in [0.4, 0.5) is 0 Å². The van der Waals surface area contributed by atoms with Gasteiger partial charge in [-0.2, -0.15) is 0 Å². The summed E-state index contributed by atoms with van der Waals surface area (Å²) in [4.78, 5) is 24.6. The van der Waals surface area contributed by atoms with Crippen molar-refractivity contribution in [2.45, 2.75) is 59.3 Å². The third-order valence-electron chi connectivity index (χ3n) is 4.24. The van der Waals surface area contributed by atoms with Crippen LogP contribution in [0.3, 0.4) is 0 Å². The van der Waals surface area contributed by atoms with E-state index < -0.39 is 0 Å². The number of carbonyl (C=O) groups is 2. The van der Waals surface area contributed by atoms with E-state index >= 15 is 0 Å². The van der Waals surface area contributed by atoms with Gasteiger partial charge in [0.2, 0.25) is 0 Å². The number of rotatable bonds is 9. The molecular formula is C21H29ClO2. The van der Waals surface area contributed by atoms with Crippen molar-refractivity contribution in [2.75, 3.05) is 0 Å². The average Bonchev–Trinajstić information content (AvgIpc) is 2.78. The molecule has 2 atom stereocenters. The maximum atomic E-state index is 12.5. The predicted octanol–water partition coefficient (Wildman–Crippen LogP) is 5.93. The molecule has 2 nitrogen and oxygen atoms in total. The van der Waals surface area contributed by atoms with Crippen LogP contribution in [0.5, 0.6) is 0 Å². The van der Waals surface area contributed by atoms with Crippen molar-refractivity contribution in [3.05, 3.63) is 47.1 Å². The third kappa shape index (κ3) is 7.44. The second-order valence-corrected chi connectivity index (χ2v) is 7.30. The first-order chi connectivity index (χ1) is 11.3. The lowest BCUT2D eigenvalue weighted by Crippen LogP contribution is -2.17. The fraction of sp³-hybridized carbons (Fsp3) is 0.524. The molecule has 3 heteroatoms. The van der Waals surface area contributed by atoms with Gasteiger partial charge in [0, 0.05) is 30.2 Å². The van der Waals surface area contributed by atoms with Gasteiger partial charge >= 0.3 is 0 Å². The van der Waals surface area contributed by atoms with E-state index in [-0.39, 0.29) is 17.6 Å². The van der Waals surface area contributed by atoms with Gasteiger partial charge in [-0.05, 0) is 50.7 Å². The van der Waals surface area contributed by atoms with E-state index in [1.54, 1.807) is 6.92 Å². The fourth-order valence-electron chi connectivity index (χ4n) is 3.26. The van der Waals surface area contributed by atoms with Crippen molar-refractivity contribution < 1.29 is 9.59 Å². The number of allylic oxidation sites excluding steroid dienone is 7. The van der Waals surface area contributed by atoms with Gasteiger partial charge in [0.15, 0.2) is 0 Å². The minimum Gasteiger partial charge on any atom is -0.299 e. The lowest BCUT2D eigenvalue weighted by molar-refractivity contribution is -0.122. The third-order valence-corrected chi connectivity index (χ3v) is 4.35. The van der Waals surface area contributed by atoms with Crippen LogP contribution in [0.2, 0.25) is 0 Å². The predicted molar refractivity (Wildman–Crippen MR) is 102 cm³/mol. The molecule has 1 saturated carbocycles. The van der Waals surface area contributed by atoms with E-state index in [4.69, 9.17) is 11.6 Å². The molecule has 0 amide bonds. The monoisotopic (exact) mass is 348 g/mol. The van der Waals surface area contributed by atoms with Gasteiger partial charge in [-0.1, -0.05) is 48.9 Å². The number of Topliss-reactive ketones (excluding diaryl/α,β-unsaturated/α-hetero) is 2. The number of ketones is 2. The first-order valence-corrected chi connectivity index (χ1v) is 9.10. The Morgan fingerprint density at radius 3 is 2.58 bits per heavy atom. The molecule has 0 saturated heterocycles. The number of hydrogen-bond donors (Lipinski definition) is 0. The minimum absolute atomic E-state index is 0.00984. The molecule has 0 bridgehead atoms. The molecule has 0 spiro atoms. The van der Waals surface area contributed by atoms with Gasteiger partial charge < -0.3 is 0 Å². The highest BCUT2D eigenvalue weighted by atomic mass is 35.5. The minimum atomic E-state index is 0.00984. The smallest absolute Gasteiger partial charge is 0.137 e. The van der Waals surface area contributed by atoms with Crippen LogP contribution in [0.1, 0.15) is 59.3 Å². The molecule has 1 aliphatic carbocycles. The summed E-state index contributed by atoms with van der Waals surface area (Å²) < 4.78 is 0. The highest BCUT2D eigenvalue weighted by Gasteiger charge is 2.34.